The highest BCUT2D eigenvalue weighted by Crippen LogP contribution is 2.24. The van der Waals surface area contributed by atoms with Gasteiger partial charge in [-0.05, 0) is 24.3 Å². The Hall–Kier alpha value is -2.54. The number of alkyl halides is 2. The van der Waals surface area contributed by atoms with E-state index < -0.39 is 6.61 Å². The van der Waals surface area contributed by atoms with Crippen LogP contribution in [0.4, 0.5) is 14.5 Å². The Morgan fingerprint density at radius 2 is 1.70 bits per heavy atom. The van der Waals surface area contributed by atoms with E-state index in [1.807, 2.05) is 30.3 Å². The molecule has 0 aliphatic carbocycles. The minimum Gasteiger partial charge on any atom is -0.433 e. The predicted molar refractivity (Wildman–Crippen MR) is 74.9 cm³/mol. The third-order valence-electron chi connectivity index (χ3n) is 2.48. The molecule has 0 fully saturated rings. The van der Waals surface area contributed by atoms with Crippen molar-refractivity contribution < 1.29 is 13.5 Å². The fourth-order valence-corrected chi connectivity index (χ4v) is 1.62. The molecule has 0 amide bonds. The molecule has 0 unspecified atom stereocenters. The van der Waals surface area contributed by atoms with Crippen molar-refractivity contribution >= 4 is 5.69 Å². The Balaban J connectivity index is 1.96. The van der Waals surface area contributed by atoms with Crippen LogP contribution in [0.3, 0.4) is 0 Å². The van der Waals surface area contributed by atoms with Gasteiger partial charge in [0.05, 0.1) is 12.2 Å². The molecule has 20 heavy (non-hydrogen) atoms. The van der Waals surface area contributed by atoms with Gasteiger partial charge in [0.2, 0.25) is 0 Å². The van der Waals surface area contributed by atoms with E-state index >= 15 is 0 Å². The van der Waals surface area contributed by atoms with E-state index in [-0.39, 0.29) is 5.75 Å². The SMILES string of the molecule is FC(F)Oc1ccccc1NCC#Cc1ccccc1. The number of nitrogens with one attached hydrogen (secondary N) is 1. The number of anilines is 1. The topological polar surface area (TPSA) is 21.3 Å². The van der Waals surface area contributed by atoms with E-state index in [0.717, 1.165) is 5.56 Å². The smallest absolute Gasteiger partial charge is 0.387 e. The first-order chi connectivity index (χ1) is 9.75. The van der Waals surface area contributed by atoms with Crippen molar-refractivity contribution in [3.63, 3.8) is 0 Å². The molecular weight excluding hydrogens is 260 g/mol. The number of hydrogen-bond donors (Lipinski definition) is 1. The quantitative estimate of drug-likeness (QED) is 0.857. The molecule has 0 spiro atoms. The van der Waals surface area contributed by atoms with Crippen LogP contribution in [0.5, 0.6) is 5.75 Å². The van der Waals surface area contributed by atoms with Crippen molar-refractivity contribution in [2.24, 2.45) is 0 Å². The first kappa shape index (κ1) is 13.9. The van der Waals surface area contributed by atoms with Crippen LogP contribution < -0.4 is 10.1 Å². The van der Waals surface area contributed by atoms with Crippen LogP contribution in [-0.4, -0.2) is 13.2 Å². The molecule has 0 aromatic heterocycles. The summed E-state index contributed by atoms with van der Waals surface area (Å²) in [6, 6.07) is 16.1. The Kier molecular flexibility index (Phi) is 4.96. The largest absolute Gasteiger partial charge is 0.433 e. The maximum absolute atomic E-state index is 12.2. The summed E-state index contributed by atoms with van der Waals surface area (Å²) < 4.78 is 28.9. The first-order valence-electron chi connectivity index (χ1n) is 6.07. The van der Waals surface area contributed by atoms with E-state index in [1.54, 1.807) is 18.2 Å². The third kappa shape index (κ3) is 4.29. The van der Waals surface area contributed by atoms with Crippen molar-refractivity contribution in [1.82, 2.24) is 0 Å². The van der Waals surface area contributed by atoms with Gasteiger partial charge < -0.3 is 10.1 Å². The summed E-state index contributed by atoms with van der Waals surface area (Å²) in [5.41, 5.74) is 1.40. The standard InChI is InChI=1S/C16H13F2NO/c17-16(18)20-15-11-5-4-10-14(15)19-12-6-9-13-7-2-1-3-8-13/h1-5,7-8,10-11,16,19H,12H2. The second kappa shape index (κ2) is 7.15. The van der Waals surface area contributed by atoms with Gasteiger partial charge in [-0.1, -0.05) is 42.2 Å². The minimum atomic E-state index is -2.84. The molecule has 0 aliphatic heterocycles. The van der Waals surface area contributed by atoms with Crippen LogP contribution in [0.2, 0.25) is 0 Å². The highest BCUT2D eigenvalue weighted by atomic mass is 19.3. The monoisotopic (exact) mass is 273 g/mol. The van der Waals surface area contributed by atoms with Gasteiger partial charge in [-0.3, -0.25) is 0 Å². The summed E-state index contributed by atoms with van der Waals surface area (Å²) in [5.74, 6) is 6.02. The molecule has 2 aromatic carbocycles. The van der Waals surface area contributed by atoms with Gasteiger partial charge in [0, 0.05) is 5.56 Å². The first-order valence-corrected chi connectivity index (χ1v) is 6.07. The van der Waals surface area contributed by atoms with E-state index in [2.05, 4.69) is 21.9 Å². The molecule has 0 bridgehead atoms. The summed E-state index contributed by atoms with van der Waals surface area (Å²) >= 11 is 0. The fraction of sp³-hybridized carbons (Fsp3) is 0.125. The molecule has 102 valence electrons. The molecule has 2 nitrogen and oxygen atoms in total. The average Bonchev–Trinajstić information content (AvgIpc) is 2.46. The van der Waals surface area contributed by atoms with E-state index in [1.165, 1.54) is 6.07 Å². The minimum absolute atomic E-state index is 0.115. The summed E-state index contributed by atoms with van der Waals surface area (Å²) in [4.78, 5) is 0. The average molecular weight is 273 g/mol. The number of halogens is 2. The van der Waals surface area contributed by atoms with Crippen LogP contribution >= 0.6 is 0 Å². The summed E-state index contributed by atoms with van der Waals surface area (Å²) in [5, 5.41) is 2.96. The molecule has 2 rings (SSSR count). The number of benzene rings is 2. The lowest BCUT2D eigenvalue weighted by molar-refractivity contribution is -0.0493. The van der Waals surface area contributed by atoms with Gasteiger partial charge in [-0.2, -0.15) is 8.78 Å². The van der Waals surface area contributed by atoms with Crippen molar-refractivity contribution in [3.05, 3.63) is 60.2 Å². The molecule has 0 saturated heterocycles. The van der Waals surface area contributed by atoms with Crippen molar-refractivity contribution in [2.45, 2.75) is 6.61 Å². The van der Waals surface area contributed by atoms with Gasteiger partial charge in [-0.15, -0.1) is 0 Å². The number of rotatable bonds is 4. The van der Waals surface area contributed by atoms with Crippen LogP contribution in [0.1, 0.15) is 5.56 Å². The molecule has 4 heteroatoms. The molecule has 0 heterocycles. The lowest BCUT2D eigenvalue weighted by Crippen LogP contribution is -2.06. The summed E-state index contributed by atoms with van der Waals surface area (Å²) in [7, 11) is 0. The second-order valence-corrected chi connectivity index (χ2v) is 3.90. The molecule has 0 saturated carbocycles. The second-order valence-electron chi connectivity index (χ2n) is 3.90. The zero-order valence-corrected chi connectivity index (χ0v) is 10.6. The van der Waals surface area contributed by atoms with Crippen LogP contribution in [0.25, 0.3) is 0 Å². The van der Waals surface area contributed by atoms with E-state index in [4.69, 9.17) is 0 Å². The lowest BCUT2D eigenvalue weighted by Gasteiger charge is -2.10. The van der Waals surface area contributed by atoms with E-state index in [0.29, 0.717) is 12.2 Å². The fourth-order valence-electron chi connectivity index (χ4n) is 1.62. The van der Waals surface area contributed by atoms with E-state index in [9.17, 15) is 8.78 Å². The van der Waals surface area contributed by atoms with Gasteiger partial charge in [-0.25, -0.2) is 0 Å². The third-order valence-corrected chi connectivity index (χ3v) is 2.48. The van der Waals surface area contributed by atoms with Gasteiger partial charge in [0.15, 0.2) is 0 Å². The highest BCUT2D eigenvalue weighted by molar-refractivity contribution is 5.56. The number of para-hydroxylation sites is 2. The predicted octanol–water partition coefficient (Wildman–Crippen LogP) is 3.75. The molecule has 0 radical (unpaired) electrons. The molecular formula is C16H13F2NO. The lowest BCUT2D eigenvalue weighted by atomic mass is 10.2. The van der Waals surface area contributed by atoms with Crippen molar-refractivity contribution in [2.75, 3.05) is 11.9 Å². The zero-order chi connectivity index (χ0) is 14.2. The van der Waals surface area contributed by atoms with Gasteiger partial charge >= 0.3 is 6.61 Å². The maximum Gasteiger partial charge on any atom is 0.387 e. The van der Waals surface area contributed by atoms with Crippen molar-refractivity contribution in [1.29, 1.82) is 0 Å². The maximum atomic E-state index is 12.2. The molecule has 0 atom stereocenters. The van der Waals surface area contributed by atoms with Crippen LogP contribution in [0, 0.1) is 11.8 Å². The molecule has 1 N–H and O–H groups in total. The van der Waals surface area contributed by atoms with Crippen LogP contribution in [0.15, 0.2) is 54.6 Å². The summed E-state index contributed by atoms with van der Waals surface area (Å²) in [6.07, 6.45) is 0. The Morgan fingerprint density at radius 1 is 1.00 bits per heavy atom. The zero-order valence-electron chi connectivity index (χ0n) is 10.6. The Labute approximate surface area is 116 Å². The Morgan fingerprint density at radius 3 is 2.45 bits per heavy atom. The summed E-state index contributed by atoms with van der Waals surface area (Å²) in [6.45, 7) is -2.49. The van der Waals surface area contributed by atoms with Crippen LogP contribution in [-0.2, 0) is 0 Å². The number of ether oxygens (including phenoxy) is 1. The van der Waals surface area contributed by atoms with Gasteiger partial charge in [0.25, 0.3) is 0 Å². The number of hydrogen-bond acceptors (Lipinski definition) is 2. The van der Waals surface area contributed by atoms with Crippen molar-refractivity contribution in [3.8, 4) is 17.6 Å². The normalized spacial score (nSPS) is 9.75. The molecule has 0 aliphatic rings. The molecule has 2 aromatic rings. The Bertz CT molecular complexity index is 603. The van der Waals surface area contributed by atoms with Gasteiger partial charge in [0.1, 0.15) is 5.75 Å². The highest BCUT2D eigenvalue weighted by Gasteiger charge is 2.07.